The van der Waals surface area contributed by atoms with Crippen molar-refractivity contribution >= 4 is 5.97 Å². The van der Waals surface area contributed by atoms with Gasteiger partial charge in [-0.05, 0) is 13.0 Å². The van der Waals surface area contributed by atoms with Crippen LogP contribution in [0.2, 0.25) is 0 Å². The molecule has 8 heteroatoms. The summed E-state index contributed by atoms with van der Waals surface area (Å²) >= 11 is 0. The van der Waals surface area contributed by atoms with Crippen LogP contribution < -0.4 is 5.56 Å². The molecule has 0 amide bonds. The average Bonchev–Trinajstić information content (AvgIpc) is 2.30. The Kier molecular flexibility index (Phi) is 5.32. The maximum absolute atomic E-state index is 12.7. The molecule has 0 aliphatic carbocycles. The van der Waals surface area contributed by atoms with E-state index in [9.17, 15) is 27.9 Å². The second kappa shape index (κ2) is 6.56. The lowest BCUT2D eigenvalue weighted by molar-refractivity contribution is -0.146. The lowest BCUT2D eigenvalue weighted by Gasteiger charge is -2.17. The molecule has 0 saturated heterocycles. The molecule has 0 aliphatic rings. The molecule has 1 heterocycles. The van der Waals surface area contributed by atoms with Crippen LogP contribution in [0, 0.1) is 0 Å². The lowest BCUT2D eigenvalue weighted by atomic mass is 10.2. The number of hydrogen-bond acceptors (Lipinski definition) is 4. The van der Waals surface area contributed by atoms with Crippen LogP contribution in [0.5, 0.6) is 0 Å². The topological polar surface area (TPSA) is 68.5 Å². The largest absolute Gasteiger partial charge is 0.466 e. The number of carbonyl (C=O) groups excluding carboxylic acids is 1. The maximum atomic E-state index is 12.7. The van der Waals surface area contributed by atoms with E-state index < -0.39 is 42.5 Å². The number of ether oxygens (including phenoxy) is 1. The maximum Gasteiger partial charge on any atom is 0.431 e. The summed E-state index contributed by atoms with van der Waals surface area (Å²) in [5.41, 5.74) is -2.07. The van der Waals surface area contributed by atoms with E-state index in [-0.39, 0.29) is 6.61 Å². The van der Waals surface area contributed by atoms with E-state index in [0.717, 1.165) is 18.2 Å². The number of alkyl halides is 3. The van der Waals surface area contributed by atoms with E-state index >= 15 is 0 Å². The summed E-state index contributed by atoms with van der Waals surface area (Å²) in [6.45, 7) is 1.03. The predicted molar refractivity (Wildman–Crippen MR) is 63.0 cm³/mol. The highest BCUT2D eigenvalue weighted by atomic mass is 19.4. The molecule has 1 aromatic rings. The molecule has 1 unspecified atom stereocenters. The van der Waals surface area contributed by atoms with E-state index in [2.05, 4.69) is 4.74 Å². The molecule has 1 atom stereocenters. The van der Waals surface area contributed by atoms with Crippen molar-refractivity contribution in [2.45, 2.75) is 32.2 Å². The summed E-state index contributed by atoms with van der Waals surface area (Å²) in [5, 5.41) is 9.59. The van der Waals surface area contributed by atoms with E-state index in [1.54, 1.807) is 6.92 Å². The first-order chi connectivity index (χ1) is 9.25. The number of nitrogens with zero attached hydrogens (tertiary/aromatic N) is 1. The first kappa shape index (κ1) is 16.2. The number of halogens is 3. The highest BCUT2D eigenvalue weighted by molar-refractivity contribution is 5.69. The number of aromatic nitrogens is 1. The zero-order valence-electron chi connectivity index (χ0n) is 10.7. The first-order valence-corrected chi connectivity index (χ1v) is 5.86. The number of pyridine rings is 1. The molecule has 1 N–H and O–H groups in total. The number of esters is 1. The summed E-state index contributed by atoms with van der Waals surface area (Å²) < 4.78 is 43.1. The fourth-order valence-electron chi connectivity index (χ4n) is 1.64. The second-order valence-electron chi connectivity index (χ2n) is 4.02. The minimum Gasteiger partial charge on any atom is -0.466 e. The van der Waals surface area contributed by atoms with Crippen molar-refractivity contribution in [1.82, 2.24) is 4.57 Å². The van der Waals surface area contributed by atoms with Gasteiger partial charge in [0.2, 0.25) is 0 Å². The van der Waals surface area contributed by atoms with Gasteiger partial charge in [0.05, 0.1) is 25.7 Å². The highest BCUT2D eigenvalue weighted by Gasteiger charge is 2.34. The van der Waals surface area contributed by atoms with Gasteiger partial charge in [-0.1, -0.05) is 6.07 Å². The second-order valence-corrected chi connectivity index (χ2v) is 4.02. The molecule has 1 aromatic heterocycles. The number of aliphatic hydroxyl groups is 1. The standard InChI is InChI=1S/C12H14F3NO4/c1-2-20-11(19)6-8(17)7-16-9(12(13,14)15)4-3-5-10(16)18/h3-5,8,17H,2,6-7H2,1H3. The van der Waals surface area contributed by atoms with Crippen LogP contribution in [0.3, 0.4) is 0 Å². The normalized spacial score (nSPS) is 13.1. The molecule has 0 radical (unpaired) electrons. The van der Waals surface area contributed by atoms with Crippen LogP contribution in [0.25, 0.3) is 0 Å². The van der Waals surface area contributed by atoms with E-state index in [0.29, 0.717) is 4.57 Å². The number of aliphatic hydroxyl groups excluding tert-OH is 1. The Morgan fingerprint density at radius 2 is 2.10 bits per heavy atom. The smallest absolute Gasteiger partial charge is 0.431 e. The van der Waals surface area contributed by atoms with Gasteiger partial charge in [-0.2, -0.15) is 13.2 Å². The summed E-state index contributed by atoms with van der Waals surface area (Å²) in [6, 6.07) is 2.67. The Morgan fingerprint density at radius 3 is 2.65 bits per heavy atom. The number of rotatable bonds is 5. The van der Waals surface area contributed by atoms with Crippen molar-refractivity contribution in [3.8, 4) is 0 Å². The van der Waals surface area contributed by atoms with Gasteiger partial charge in [-0.15, -0.1) is 0 Å². The van der Waals surface area contributed by atoms with Crippen LogP contribution in [-0.2, 0) is 22.3 Å². The summed E-state index contributed by atoms with van der Waals surface area (Å²) in [6.07, 6.45) is -6.63. The molecule has 112 valence electrons. The Morgan fingerprint density at radius 1 is 1.45 bits per heavy atom. The molecular formula is C12H14F3NO4. The zero-order valence-corrected chi connectivity index (χ0v) is 10.7. The van der Waals surface area contributed by atoms with Crippen molar-refractivity contribution in [1.29, 1.82) is 0 Å². The van der Waals surface area contributed by atoms with Crippen molar-refractivity contribution in [2.75, 3.05) is 6.61 Å². The summed E-state index contributed by atoms with van der Waals surface area (Å²) in [5.74, 6) is -0.738. The quantitative estimate of drug-likeness (QED) is 0.828. The van der Waals surface area contributed by atoms with E-state index in [4.69, 9.17) is 0 Å². The fourth-order valence-corrected chi connectivity index (χ4v) is 1.64. The zero-order chi connectivity index (χ0) is 15.3. The Bertz CT molecular complexity index is 524. The Labute approximate surface area is 112 Å². The van der Waals surface area contributed by atoms with Gasteiger partial charge < -0.3 is 14.4 Å². The molecule has 0 aliphatic heterocycles. The summed E-state index contributed by atoms with van der Waals surface area (Å²) in [4.78, 5) is 22.6. The Hall–Kier alpha value is -1.83. The van der Waals surface area contributed by atoms with Crippen LogP contribution in [0.4, 0.5) is 13.2 Å². The fraction of sp³-hybridized carbons (Fsp3) is 0.500. The van der Waals surface area contributed by atoms with Crippen molar-refractivity contribution in [3.63, 3.8) is 0 Å². The highest BCUT2D eigenvalue weighted by Crippen LogP contribution is 2.28. The van der Waals surface area contributed by atoms with Gasteiger partial charge in [0.15, 0.2) is 0 Å². The minimum atomic E-state index is -4.72. The summed E-state index contributed by atoms with van der Waals surface area (Å²) in [7, 11) is 0. The molecule has 0 saturated carbocycles. The number of carbonyl (C=O) groups is 1. The van der Waals surface area contributed by atoms with E-state index in [1.165, 1.54) is 0 Å². The van der Waals surface area contributed by atoms with Crippen molar-refractivity contribution < 1.29 is 27.8 Å². The molecule has 5 nitrogen and oxygen atoms in total. The van der Waals surface area contributed by atoms with Gasteiger partial charge in [0, 0.05) is 6.07 Å². The molecule has 1 rings (SSSR count). The van der Waals surface area contributed by atoms with Gasteiger partial charge >= 0.3 is 12.1 Å². The predicted octanol–water partition coefficient (Wildman–Crippen LogP) is 1.18. The third kappa shape index (κ3) is 4.37. The van der Waals surface area contributed by atoms with Crippen molar-refractivity contribution in [2.24, 2.45) is 0 Å². The number of hydrogen-bond donors (Lipinski definition) is 1. The monoisotopic (exact) mass is 293 g/mol. The lowest BCUT2D eigenvalue weighted by Crippen LogP contribution is -2.32. The van der Waals surface area contributed by atoms with Gasteiger partial charge in [0.1, 0.15) is 5.69 Å². The van der Waals surface area contributed by atoms with Gasteiger partial charge in [-0.3, -0.25) is 9.59 Å². The van der Waals surface area contributed by atoms with Gasteiger partial charge in [0.25, 0.3) is 5.56 Å². The van der Waals surface area contributed by atoms with E-state index in [1.807, 2.05) is 0 Å². The van der Waals surface area contributed by atoms with Crippen LogP contribution >= 0.6 is 0 Å². The van der Waals surface area contributed by atoms with Crippen LogP contribution in [0.15, 0.2) is 23.0 Å². The molecular weight excluding hydrogens is 279 g/mol. The molecule has 0 spiro atoms. The molecule has 0 aromatic carbocycles. The Balaban J connectivity index is 2.92. The van der Waals surface area contributed by atoms with Crippen molar-refractivity contribution in [3.05, 3.63) is 34.2 Å². The molecule has 0 fully saturated rings. The van der Waals surface area contributed by atoms with Crippen LogP contribution in [0.1, 0.15) is 19.0 Å². The third-order valence-corrected chi connectivity index (χ3v) is 2.44. The third-order valence-electron chi connectivity index (χ3n) is 2.44. The SMILES string of the molecule is CCOC(=O)CC(O)Cn1c(C(F)(F)F)cccc1=O. The molecule has 0 bridgehead atoms. The van der Waals surface area contributed by atoms with Crippen LogP contribution in [-0.4, -0.2) is 28.4 Å². The first-order valence-electron chi connectivity index (χ1n) is 5.86. The van der Waals surface area contributed by atoms with Gasteiger partial charge in [-0.25, -0.2) is 0 Å². The average molecular weight is 293 g/mol. The minimum absolute atomic E-state index is 0.102. The molecule has 20 heavy (non-hydrogen) atoms.